The van der Waals surface area contributed by atoms with Gasteiger partial charge in [0.15, 0.2) is 5.75 Å². The van der Waals surface area contributed by atoms with Crippen molar-refractivity contribution in [2.75, 3.05) is 0 Å². The number of carbonyl (C=O) groups excluding carboxylic acids is 2. The van der Waals surface area contributed by atoms with Gasteiger partial charge in [0.05, 0.1) is 18.3 Å². The highest BCUT2D eigenvalue weighted by molar-refractivity contribution is 14.1. The largest absolute Gasteiger partial charge is 0.423 e. The second-order valence-corrected chi connectivity index (χ2v) is 13.5. The lowest BCUT2D eigenvalue weighted by atomic mass is 10.1. The Bertz CT molecular complexity index is 1330. The predicted octanol–water partition coefficient (Wildman–Crippen LogP) is 6.39. The van der Waals surface area contributed by atoms with Crippen LogP contribution in [-0.4, -0.2) is 24.9 Å². The molecule has 0 saturated carbocycles. The van der Waals surface area contributed by atoms with E-state index in [9.17, 15) is 22.6 Å². The lowest BCUT2D eigenvalue weighted by Crippen LogP contribution is -2.13. The van der Waals surface area contributed by atoms with Crippen molar-refractivity contribution in [1.82, 2.24) is 0 Å². The normalized spacial score (nSPS) is 11.2. The van der Waals surface area contributed by atoms with Gasteiger partial charge < -0.3 is 9.47 Å². The van der Waals surface area contributed by atoms with Crippen LogP contribution < -0.4 is 9.47 Å². The van der Waals surface area contributed by atoms with Gasteiger partial charge in [0, 0.05) is 10.7 Å². The summed E-state index contributed by atoms with van der Waals surface area (Å²) in [6.07, 6.45) is 0. The molecule has 0 spiro atoms. The number of ether oxygens (including phenoxy) is 2. The van der Waals surface area contributed by atoms with Gasteiger partial charge >= 0.3 is 11.9 Å². The molecule has 0 aromatic heterocycles. The van der Waals surface area contributed by atoms with Gasteiger partial charge in [0.2, 0.25) is 0 Å². The predicted molar refractivity (Wildman–Crippen MR) is 163 cm³/mol. The van der Waals surface area contributed by atoms with Crippen LogP contribution in [-0.2, 0) is 10.1 Å². The van der Waals surface area contributed by atoms with Gasteiger partial charge in [0.25, 0.3) is 10.1 Å². The Balaban J connectivity index is 1.75. The summed E-state index contributed by atoms with van der Waals surface area (Å²) in [5.74, 6) is -0.657. The Morgan fingerprint density at radius 2 is 1.12 bits per heavy atom. The second-order valence-electron chi connectivity index (χ2n) is 6.25. The van der Waals surface area contributed by atoms with E-state index in [0.29, 0.717) is 5.75 Å². The van der Waals surface area contributed by atoms with Crippen molar-refractivity contribution in [3.8, 4) is 11.5 Å². The molecule has 0 saturated heterocycles. The fourth-order valence-corrected chi connectivity index (χ4v) is 10.3. The molecule has 3 aromatic rings. The SMILES string of the molecule is O=C(Oc1cc(I)c(S(=O)(=O)O)c(I)c1)c1ccc(C(=O)Oc2c(I)cc(I)cc2I)cc1. The minimum Gasteiger partial charge on any atom is -0.423 e. The van der Waals surface area contributed by atoms with Crippen molar-refractivity contribution in [3.63, 3.8) is 0 Å². The summed E-state index contributed by atoms with van der Waals surface area (Å²) in [5, 5.41) is 0. The van der Waals surface area contributed by atoms with E-state index in [4.69, 9.17) is 9.47 Å². The summed E-state index contributed by atoms with van der Waals surface area (Å²) in [4.78, 5) is 24.8. The lowest BCUT2D eigenvalue weighted by Gasteiger charge is -2.10. The molecule has 0 aliphatic rings. The molecular weight excluding hydrogens is 1020 g/mol. The third-order valence-electron chi connectivity index (χ3n) is 3.95. The smallest absolute Gasteiger partial charge is 0.343 e. The van der Waals surface area contributed by atoms with E-state index >= 15 is 0 Å². The Morgan fingerprint density at radius 3 is 1.55 bits per heavy atom. The van der Waals surface area contributed by atoms with Gasteiger partial charge in [-0.25, -0.2) is 9.59 Å². The molecule has 0 fully saturated rings. The maximum Gasteiger partial charge on any atom is 0.343 e. The van der Waals surface area contributed by atoms with Crippen LogP contribution in [0.2, 0.25) is 0 Å². The van der Waals surface area contributed by atoms with Crippen LogP contribution in [0.1, 0.15) is 20.7 Å². The first kappa shape index (κ1) is 27.7. The molecule has 7 nitrogen and oxygen atoms in total. The van der Waals surface area contributed by atoms with Crippen molar-refractivity contribution in [3.05, 3.63) is 77.5 Å². The van der Waals surface area contributed by atoms with Crippen molar-refractivity contribution < 1.29 is 32.0 Å². The minimum absolute atomic E-state index is 0.118. The number of carbonyl (C=O) groups is 2. The van der Waals surface area contributed by atoms with Crippen molar-refractivity contribution >= 4 is 135 Å². The van der Waals surface area contributed by atoms with E-state index in [1.807, 2.05) is 12.1 Å². The highest BCUT2D eigenvalue weighted by atomic mass is 127. The Kier molecular flexibility index (Phi) is 9.65. The van der Waals surface area contributed by atoms with Crippen molar-refractivity contribution in [2.24, 2.45) is 0 Å². The second kappa shape index (κ2) is 11.5. The first-order valence-corrected chi connectivity index (χ1v) is 15.4. The topological polar surface area (TPSA) is 107 Å². The Morgan fingerprint density at radius 1 is 0.697 bits per heavy atom. The third-order valence-corrected chi connectivity index (χ3v) is 9.57. The quantitative estimate of drug-likeness (QED) is 0.137. The van der Waals surface area contributed by atoms with E-state index in [2.05, 4.69) is 67.8 Å². The van der Waals surface area contributed by atoms with Crippen LogP contribution in [0.3, 0.4) is 0 Å². The number of halogens is 5. The van der Waals surface area contributed by atoms with E-state index in [1.165, 1.54) is 36.4 Å². The number of benzene rings is 3. The fourth-order valence-electron chi connectivity index (χ4n) is 2.53. The van der Waals surface area contributed by atoms with Gasteiger partial charge in [-0.3, -0.25) is 4.55 Å². The Labute approximate surface area is 257 Å². The number of hydrogen-bond acceptors (Lipinski definition) is 6. The first-order valence-electron chi connectivity index (χ1n) is 8.52. The monoisotopic (exact) mass is 1030 g/mol. The molecule has 0 bridgehead atoms. The zero-order chi connectivity index (χ0) is 24.5. The molecule has 0 aliphatic heterocycles. The van der Waals surface area contributed by atoms with E-state index in [-0.39, 0.29) is 28.9 Å². The van der Waals surface area contributed by atoms with Crippen LogP contribution in [0.4, 0.5) is 0 Å². The van der Waals surface area contributed by atoms with Crippen LogP contribution >= 0.6 is 113 Å². The Hall–Kier alpha value is 0.160. The van der Waals surface area contributed by atoms with Gasteiger partial charge in [-0.05, 0) is 161 Å². The minimum atomic E-state index is -4.41. The van der Waals surface area contributed by atoms with Gasteiger partial charge in [-0.2, -0.15) is 8.42 Å². The molecule has 3 aromatic carbocycles. The fraction of sp³-hybridized carbons (Fsp3) is 0. The van der Waals surface area contributed by atoms with E-state index in [1.54, 1.807) is 45.2 Å². The molecule has 13 heteroatoms. The molecule has 172 valence electrons. The average Bonchev–Trinajstić information content (AvgIpc) is 2.69. The summed E-state index contributed by atoms with van der Waals surface area (Å²) in [5.41, 5.74) is 0.451. The van der Waals surface area contributed by atoms with Gasteiger partial charge in [-0.15, -0.1) is 0 Å². The van der Waals surface area contributed by atoms with Crippen LogP contribution in [0, 0.1) is 17.9 Å². The highest BCUT2D eigenvalue weighted by Crippen LogP contribution is 2.31. The van der Waals surface area contributed by atoms with Crippen LogP contribution in [0.5, 0.6) is 11.5 Å². The summed E-state index contributed by atoms with van der Waals surface area (Å²) >= 11 is 9.87. The summed E-state index contributed by atoms with van der Waals surface area (Å²) in [6.45, 7) is 0. The van der Waals surface area contributed by atoms with Gasteiger partial charge in [-0.1, -0.05) is 0 Å². The zero-order valence-corrected chi connectivity index (χ0v) is 27.4. The highest BCUT2D eigenvalue weighted by Gasteiger charge is 2.21. The maximum absolute atomic E-state index is 12.5. The number of hydrogen-bond donors (Lipinski definition) is 1. The number of rotatable bonds is 5. The van der Waals surface area contributed by atoms with E-state index < -0.39 is 22.1 Å². The molecule has 3 rings (SSSR count). The average molecular weight is 1030 g/mol. The molecular formula is C20H9I5O7S. The summed E-state index contributed by atoms with van der Waals surface area (Å²) < 4.78 is 46.2. The molecule has 1 N–H and O–H groups in total. The zero-order valence-electron chi connectivity index (χ0n) is 15.8. The molecule has 0 atom stereocenters. The standard InChI is InChI=1S/C20H9I5O7S/c21-11-5-13(22)17(14(23)6-11)32-20(27)10-3-1-9(2-4-10)19(26)31-12-7-15(24)18(16(25)8-12)33(28,29)30/h1-8H,(H,28,29,30). The molecule has 0 amide bonds. The van der Waals surface area contributed by atoms with Crippen molar-refractivity contribution in [2.45, 2.75) is 4.90 Å². The lowest BCUT2D eigenvalue weighted by molar-refractivity contribution is 0.0719. The van der Waals surface area contributed by atoms with Crippen LogP contribution in [0.25, 0.3) is 0 Å². The van der Waals surface area contributed by atoms with E-state index in [0.717, 1.165) is 10.7 Å². The van der Waals surface area contributed by atoms with Crippen LogP contribution in [0.15, 0.2) is 53.4 Å². The molecule has 0 heterocycles. The van der Waals surface area contributed by atoms with Crippen molar-refractivity contribution in [1.29, 1.82) is 0 Å². The van der Waals surface area contributed by atoms with Gasteiger partial charge in [0.1, 0.15) is 10.6 Å². The molecule has 33 heavy (non-hydrogen) atoms. The molecule has 0 aliphatic carbocycles. The maximum atomic E-state index is 12.5. The third kappa shape index (κ3) is 7.11. The summed E-state index contributed by atoms with van der Waals surface area (Å²) in [7, 11) is -4.41. The molecule has 0 unspecified atom stereocenters. The summed E-state index contributed by atoms with van der Waals surface area (Å²) in [6, 6.07) is 12.3. The molecule has 0 radical (unpaired) electrons. The first-order chi connectivity index (χ1) is 15.4. The number of esters is 2.